The van der Waals surface area contributed by atoms with E-state index in [1.54, 1.807) is 0 Å². The van der Waals surface area contributed by atoms with E-state index in [0.717, 1.165) is 19.4 Å². The molecular formula is C9H17N3O3. The third kappa shape index (κ3) is 4.26. The van der Waals surface area contributed by atoms with E-state index >= 15 is 0 Å². The van der Waals surface area contributed by atoms with Crippen molar-refractivity contribution in [2.75, 3.05) is 19.6 Å². The molecule has 4 N–H and O–H groups in total. The summed E-state index contributed by atoms with van der Waals surface area (Å²) in [4.78, 5) is 22.2. The van der Waals surface area contributed by atoms with Gasteiger partial charge in [-0.05, 0) is 19.4 Å². The Labute approximate surface area is 88.4 Å². The van der Waals surface area contributed by atoms with Gasteiger partial charge < -0.3 is 10.6 Å². The van der Waals surface area contributed by atoms with Crippen LogP contribution in [-0.4, -0.2) is 36.7 Å². The molecule has 1 heterocycles. The third-order valence-electron chi connectivity index (χ3n) is 2.44. The van der Waals surface area contributed by atoms with Gasteiger partial charge in [-0.1, -0.05) is 0 Å². The van der Waals surface area contributed by atoms with Crippen LogP contribution in [0.3, 0.4) is 0 Å². The first-order chi connectivity index (χ1) is 7.24. The number of hydrogen-bond acceptors (Lipinski definition) is 4. The van der Waals surface area contributed by atoms with Crippen LogP contribution >= 0.6 is 0 Å². The first-order valence-corrected chi connectivity index (χ1v) is 5.15. The number of rotatable bonds is 4. The van der Waals surface area contributed by atoms with E-state index in [2.05, 4.69) is 10.6 Å². The van der Waals surface area contributed by atoms with Gasteiger partial charge in [-0.25, -0.2) is 5.48 Å². The molecule has 6 nitrogen and oxygen atoms in total. The minimum Gasteiger partial charge on any atom is -0.355 e. The molecule has 1 atom stereocenters. The maximum absolute atomic E-state index is 11.5. The maximum Gasteiger partial charge on any atom is 0.245 e. The molecule has 86 valence electrons. The van der Waals surface area contributed by atoms with Gasteiger partial charge in [0.2, 0.25) is 11.8 Å². The molecule has 2 amide bonds. The predicted octanol–water partition coefficient (Wildman–Crippen LogP) is -1.00. The molecule has 0 spiro atoms. The lowest BCUT2D eigenvalue weighted by Crippen LogP contribution is -2.41. The van der Waals surface area contributed by atoms with Crippen molar-refractivity contribution in [3.05, 3.63) is 0 Å². The Hall–Kier alpha value is -1.14. The normalized spacial score (nSPS) is 20.7. The van der Waals surface area contributed by atoms with Crippen molar-refractivity contribution >= 4 is 11.8 Å². The fourth-order valence-corrected chi connectivity index (χ4v) is 1.58. The fraction of sp³-hybridized carbons (Fsp3) is 0.778. The summed E-state index contributed by atoms with van der Waals surface area (Å²) in [5, 5.41) is 14.0. The third-order valence-corrected chi connectivity index (χ3v) is 2.44. The Morgan fingerprint density at radius 1 is 1.47 bits per heavy atom. The molecule has 1 fully saturated rings. The quantitative estimate of drug-likeness (QED) is 0.357. The summed E-state index contributed by atoms with van der Waals surface area (Å²) >= 11 is 0. The second-order valence-electron chi connectivity index (χ2n) is 3.62. The van der Waals surface area contributed by atoms with Gasteiger partial charge in [0, 0.05) is 19.5 Å². The molecule has 0 bridgehead atoms. The van der Waals surface area contributed by atoms with Crippen molar-refractivity contribution in [3.8, 4) is 0 Å². The molecule has 1 aliphatic rings. The lowest BCUT2D eigenvalue weighted by Gasteiger charge is -2.21. The Morgan fingerprint density at radius 3 is 2.87 bits per heavy atom. The number of carbonyl (C=O) groups excluding carboxylic acids is 2. The average Bonchev–Trinajstić information content (AvgIpc) is 2.29. The maximum atomic E-state index is 11.5. The van der Waals surface area contributed by atoms with Crippen LogP contribution in [0.4, 0.5) is 0 Å². The van der Waals surface area contributed by atoms with Crippen molar-refractivity contribution in [1.29, 1.82) is 0 Å². The zero-order valence-electron chi connectivity index (χ0n) is 8.58. The molecule has 1 aliphatic heterocycles. The number of amides is 2. The van der Waals surface area contributed by atoms with Crippen molar-refractivity contribution in [2.24, 2.45) is 5.92 Å². The summed E-state index contributed by atoms with van der Waals surface area (Å²) in [6.07, 6.45) is 2.00. The second-order valence-corrected chi connectivity index (χ2v) is 3.62. The first kappa shape index (κ1) is 11.9. The van der Waals surface area contributed by atoms with Crippen LogP contribution in [-0.2, 0) is 9.59 Å². The van der Waals surface area contributed by atoms with E-state index in [4.69, 9.17) is 5.21 Å². The summed E-state index contributed by atoms with van der Waals surface area (Å²) in [6.45, 7) is 1.94. The highest BCUT2D eigenvalue weighted by Crippen LogP contribution is 2.09. The van der Waals surface area contributed by atoms with Gasteiger partial charge in [0.05, 0.1) is 5.92 Å². The van der Waals surface area contributed by atoms with Crippen molar-refractivity contribution in [3.63, 3.8) is 0 Å². The van der Waals surface area contributed by atoms with Crippen LogP contribution in [0.2, 0.25) is 0 Å². The highest BCUT2D eigenvalue weighted by Gasteiger charge is 2.20. The molecule has 15 heavy (non-hydrogen) atoms. The molecule has 6 heteroatoms. The molecule has 0 radical (unpaired) electrons. The SMILES string of the molecule is O=C(CCNC(=O)C1CCCNC1)NO. The van der Waals surface area contributed by atoms with E-state index < -0.39 is 5.91 Å². The number of hydrogen-bond donors (Lipinski definition) is 4. The van der Waals surface area contributed by atoms with Gasteiger partial charge >= 0.3 is 0 Å². The van der Waals surface area contributed by atoms with Crippen LogP contribution < -0.4 is 16.1 Å². The Bertz CT molecular complexity index is 227. The van der Waals surface area contributed by atoms with Crippen molar-refractivity contribution in [2.45, 2.75) is 19.3 Å². The lowest BCUT2D eigenvalue weighted by atomic mass is 9.99. The molecule has 0 aromatic carbocycles. The minimum absolute atomic E-state index is 0.0101. The summed E-state index contributed by atoms with van der Waals surface area (Å²) < 4.78 is 0. The number of nitrogens with one attached hydrogen (secondary N) is 3. The van der Waals surface area contributed by atoms with Crippen LogP contribution in [0.15, 0.2) is 0 Å². The predicted molar refractivity (Wildman–Crippen MR) is 53.1 cm³/mol. The van der Waals surface area contributed by atoms with Gasteiger partial charge in [0.1, 0.15) is 0 Å². The number of carbonyl (C=O) groups is 2. The highest BCUT2D eigenvalue weighted by atomic mass is 16.5. The van der Waals surface area contributed by atoms with Gasteiger partial charge in [-0.15, -0.1) is 0 Å². The Balaban J connectivity index is 2.14. The van der Waals surface area contributed by atoms with E-state index in [1.165, 1.54) is 5.48 Å². The largest absolute Gasteiger partial charge is 0.355 e. The van der Waals surface area contributed by atoms with Crippen molar-refractivity contribution in [1.82, 2.24) is 16.1 Å². The monoisotopic (exact) mass is 215 g/mol. The number of hydroxylamine groups is 1. The summed E-state index contributed by atoms with van der Waals surface area (Å²) in [5.74, 6) is -0.499. The molecule has 1 unspecified atom stereocenters. The first-order valence-electron chi connectivity index (χ1n) is 5.15. The second kappa shape index (κ2) is 6.36. The molecular weight excluding hydrogens is 198 g/mol. The molecule has 0 aromatic rings. The highest BCUT2D eigenvalue weighted by molar-refractivity contribution is 5.80. The average molecular weight is 215 g/mol. The van der Waals surface area contributed by atoms with Crippen molar-refractivity contribution < 1.29 is 14.8 Å². The zero-order valence-corrected chi connectivity index (χ0v) is 8.58. The standard InChI is InChI=1S/C9H17N3O3/c13-8(12-15)3-5-11-9(14)7-2-1-4-10-6-7/h7,10,15H,1-6H2,(H,11,14)(H,12,13). The zero-order chi connectivity index (χ0) is 11.1. The van der Waals surface area contributed by atoms with Crippen LogP contribution in [0, 0.1) is 5.92 Å². The van der Waals surface area contributed by atoms with Crippen LogP contribution in [0.5, 0.6) is 0 Å². The lowest BCUT2D eigenvalue weighted by molar-refractivity contribution is -0.129. The number of piperidine rings is 1. The smallest absolute Gasteiger partial charge is 0.245 e. The van der Waals surface area contributed by atoms with E-state index in [0.29, 0.717) is 6.54 Å². The summed E-state index contributed by atoms with van der Waals surface area (Å²) in [6, 6.07) is 0. The Kier molecular flexibility index (Phi) is 5.06. The minimum atomic E-state index is -0.489. The molecule has 0 aliphatic carbocycles. The summed E-state index contributed by atoms with van der Waals surface area (Å²) in [5.41, 5.74) is 1.52. The van der Waals surface area contributed by atoms with Crippen LogP contribution in [0.1, 0.15) is 19.3 Å². The van der Waals surface area contributed by atoms with Crippen LogP contribution in [0.25, 0.3) is 0 Å². The molecule has 0 saturated carbocycles. The topological polar surface area (TPSA) is 90.5 Å². The summed E-state index contributed by atoms with van der Waals surface area (Å²) in [7, 11) is 0. The van der Waals surface area contributed by atoms with Gasteiger partial charge in [-0.3, -0.25) is 14.8 Å². The van der Waals surface area contributed by atoms with Gasteiger partial charge in [0.15, 0.2) is 0 Å². The molecule has 0 aromatic heterocycles. The molecule has 1 saturated heterocycles. The van der Waals surface area contributed by atoms with E-state index in [1.807, 2.05) is 0 Å². The fourth-order valence-electron chi connectivity index (χ4n) is 1.58. The van der Waals surface area contributed by atoms with E-state index in [-0.39, 0.29) is 24.8 Å². The van der Waals surface area contributed by atoms with Gasteiger partial charge in [-0.2, -0.15) is 0 Å². The Morgan fingerprint density at radius 2 is 2.27 bits per heavy atom. The molecule has 1 rings (SSSR count). The van der Waals surface area contributed by atoms with E-state index in [9.17, 15) is 9.59 Å². The van der Waals surface area contributed by atoms with Gasteiger partial charge in [0.25, 0.3) is 0 Å².